The molecule has 0 aliphatic carbocycles. The summed E-state index contributed by atoms with van der Waals surface area (Å²) in [4.78, 5) is 7.00. The van der Waals surface area contributed by atoms with Gasteiger partial charge in [-0.2, -0.15) is 0 Å². The van der Waals surface area contributed by atoms with Crippen LogP contribution < -0.4 is 15.4 Å². The topological polar surface area (TPSA) is 51.4 Å². The monoisotopic (exact) mass is 369 g/mol. The van der Waals surface area contributed by atoms with Gasteiger partial charge in [-0.3, -0.25) is 4.98 Å². The zero-order chi connectivity index (χ0) is 15.7. The Hall–Kier alpha value is -1.65. The molecular formula is C18H25Cl2N3O. The van der Waals surface area contributed by atoms with E-state index < -0.39 is 0 Å². The van der Waals surface area contributed by atoms with Gasteiger partial charge in [-0.05, 0) is 44.4 Å². The lowest BCUT2D eigenvalue weighted by Crippen LogP contribution is -2.30. The Morgan fingerprint density at radius 2 is 2.00 bits per heavy atom. The number of hydrogen-bond donors (Lipinski definition) is 1. The van der Waals surface area contributed by atoms with Gasteiger partial charge < -0.3 is 15.4 Å². The molecule has 2 N–H and O–H groups in total. The quantitative estimate of drug-likeness (QED) is 0.827. The standard InChI is InChI=1S/C18H23N3O.2ClH/c1-12-10-20-16(13(2)18(12)22-3)11-21-9-5-6-14-15(19)7-4-8-17(14)21;;/h4,7-8,10H,5-6,9,11,19H2,1-3H3;2*1H. The summed E-state index contributed by atoms with van der Waals surface area (Å²) in [5.41, 5.74) is 12.8. The fourth-order valence-corrected chi connectivity index (χ4v) is 3.30. The molecule has 0 spiro atoms. The molecule has 0 saturated carbocycles. The molecule has 1 aromatic heterocycles. The van der Waals surface area contributed by atoms with Crippen molar-refractivity contribution in [2.24, 2.45) is 0 Å². The molecule has 0 unspecified atom stereocenters. The molecule has 0 radical (unpaired) electrons. The predicted molar refractivity (Wildman–Crippen MR) is 105 cm³/mol. The minimum absolute atomic E-state index is 0. The Bertz CT molecular complexity index is 707. The van der Waals surface area contributed by atoms with Crippen molar-refractivity contribution in [3.63, 3.8) is 0 Å². The van der Waals surface area contributed by atoms with Crippen LogP contribution in [-0.2, 0) is 13.0 Å². The number of aryl methyl sites for hydroxylation is 1. The minimum atomic E-state index is 0. The van der Waals surface area contributed by atoms with Gasteiger partial charge in [0.25, 0.3) is 0 Å². The van der Waals surface area contributed by atoms with Crippen LogP contribution in [0.2, 0.25) is 0 Å². The first-order valence-corrected chi connectivity index (χ1v) is 7.73. The van der Waals surface area contributed by atoms with E-state index in [2.05, 4.69) is 22.9 Å². The van der Waals surface area contributed by atoms with Crippen LogP contribution in [0, 0.1) is 13.8 Å². The van der Waals surface area contributed by atoms with E-state index in [0.29, 0.717) is 0 Å². The van der Waals surface area contributed by atoms with Gasteiger partial charge in [0.2, 0.25) is 0 Å². The number of nitrogens with two attached hydrogens (primary N) is 1. The molecule has 2 aromatic rings. The maximum atomic E-state index is 6.13. The average molecular weight is 370 g/mol. The van der Waals surface area contributed by atoms with Crippen molar-refractivity contribution in [1.82, 2.24) is 4.98 Å². The molecule has 0 atom stereocenters. The number of rotatable bonds is 3. The third-order valence-corrected chi connectivity index (χ3v) is 4.47. The second-order valence-electron chi connectivity index (χ2n) is 5.92. The summed E-state index contributed by atoms with van der Waals surface area (Å²) in [5, 5.41) is 0. The van der Waals surface area contributed by atoms with Gasteiger partial charge in [0, 0.05) is 35.2 Å². The zero-order valence-corrected chi connectivity index (χ0v) is 16.0. The van der Waals surface area contributed by atoms with Gasteiger partial charge in [-0.25, -0.2) is 0 Å². The summed E-state index contributed by atoms with van der Waals surface area (Å²) in [6.45, 7) is 5.94. The highest BCUT2D eigenvalue weighted by atomic mass is 35.5. The molecule has 4 nitrogen and oxygen atoms in total. The Kier molecular flexibility index (Phi) is 7.18. The van der Waals surface area contributed by atoms with E-state index in [0.717, 1.165) is 54.2 Å². The smallest absolute Gasteiger partial charge is 0.128 e. The van der Waals surface area contributed by atoms with Crippen LogP contribution in [0.3, 0.4) is 0 Å². The maximum Gasteiger partial charge on any atom is 0.128 e. The number of pyridine rings is 1. The lowest BCUT2D eigenvalue weighted by molar-refractivity contribution is 0.406. The van der Waals surface area contributed by atoms with Crippen molar-refractivity contribution in [3.05, 3.63) is 46.8 Å². The Morgan fingerprint density at radius 3 is 2.71 bits per heavy atom. The number of hydrogen-bond acceptors (Lipinski definition) is 4. The van der Waals surface area contributed by atoms with Gasteiger partial charge in [0.05, 0.1) is 19.3 Å². The first kappa shape index (κ1) is 20.4. The third kappa shape index (κ3) is 3.70. The fourth-order valence-electron chi connectivity index (χ4n) is 3.30. The van der Waals surface area contributed by atoms with Gasteiger partial charge in [0.1, 0.15) is 5.75 Å². The minimum Gasteiger partial charge on any atom is -0.496 e. The van der Waals surface area contributed by atoms with Crippen LogP contribution in [0.4, 0.5) is 11.4 Å². The molecular weight excluding hydrogens is 345 g/mol. The number of anilines is 2. The highest BCUT2D eigenvalue weighted by Gasteiger charge is 2.20. The highest BCUT2D eigenvalue weighted by molar-refractivity contribution is 5.85. The van der Waals surface area contributed by atoms with Crippen molar-refractivity contribution >= 4 is 36.2 Å². The van der Waals surface area contributed by atoms with Crippen LogP contribution in [0.1, 0.15) is 28.8 Å². The Balaban J connectivity index is 0.00000144. The van der Waals surface area contributed by atoms with Crippen molar-refractivity contribution < 1.29 is 4.74 Å². The number of methoxy groups -OCH3 is 1. The number of benzene rings is 1. The summed E-state index contributed by atoms with van der Waals surface area (Å²) < 4.78 is 5.52. The number of aromatic nitrogens is 1. The summed E-state index contributed by atoms with van der Waals surface area (Å²) in [6, 6.07) is 6.18. The van der Waals surface area contributed by atoms with Crippen LogP contribution in [-0.4, -0.2) is 18.6 Å². The number of ether oxygens (including phenoxy) is 1. The molecule has 0 fully saturated rings. The van der Waals surface area contributed by atoms with Crippen molar-refractivity contribution in [1.29, 1.82) is 0 Å². The van der Waals surface area contributed by atoms with Gasteiger partial charge in [-0.1, -0.05) is 6.07 Å². The first-order chi connectivity index (χ1) is 10.6. The lowest BCUT2D eigenvalue weighted by atomic mass is 9.99. The molecule has 6 heteroatoms. The molecule has 1 aliphatic rings. The van der Waals surface area contributed by atoms with E-state index in [4.69, 9.17) is 10.5 Å². The number of nitrogens with zero attached hydrogens (tertiary/aromatic N) is 2. The van der Waals surface area contributed by atoms with E-state index in [1.807, 2.05) is 25.3 Å². The number of fused-ring (bicyclic) bond motifs is 1. The summed E-state index contributed by atoms with van der Waals surface area (Å²) in [6.07, 6.45) is 4.08. The lowest BCUT2D eigenvalue weighted by Gasteiger charge is -2.32. The Labute approximate surface area is 156 Å². The van der Waals surface area contributed by atoms with Crippen LogP contribution in [0.25, 0.3) is 0 Å². The second kappa shape index (κ2) is 8.45. The largest absolute Gasteiger partial charge is 0.496 e. The number of halogens is 2. The fraction of sp³-hybridized carbons (Fsp3) is 0.389. The summed E-state index contributed by atoms with van der Waals surface area (Å²) in [7, 11) is 1.72. The van der Waals surface area contributed by atoms with E-state index >= 15 is 0 Å². The molecule has 132 valence electrons. The highest BCUT2D eigenvalue weighted by Crippen LogP contribution is 2.33. The molecule has 1 aliphatic heterocycles. The molecule has 0 saturated heterocycles. The summed E-state index contributed by atoms with van der Waals surface area (Å²) >= 11 is 0. The maximum absolute atomic E-state index is 6.13. The molecule has 0 amide bonds. The SMILES string of the molecule is COc1c(C)cnc(CN2CCCc3c(N)cccc32)c1C.Cl.Cl. The van der Waals surface area contributed by atoms with Crippen molar-refractivity contribution in [2.75, 3.05) is 24.3 Å². The van der Waals surface area contributed by atoms with Gasteiger partial charge >= 0.3 is 0 Å². The zero-order valence-electron chi connectivity index (χ0n) is 14.3. The van der Waals surface area contributed by atoms with E-state index in [-0.39, 0.29) is 24.8 Å². The van der Waals surface area contributed by atoms with E-state index in [1.54, 1.807) is 7.11 Å². The molecule has 0 bridgehead atoms. The van der Waals surface area contributed by atoms with Crippen LogP contribution >= 0.6 is 24.8 Å². The second-order valence-corrected chi connectivity index (χ2v) is 5.92. The molecule has 24 heavy (non-hydrogen) atoms. The van der Waals surface area contributed by atoms with E-state index in [9.17, 15) is 0 Å². The summed E-state index contributed by atoms with van der Waals surface area (Å²) in [5.74, 6) is 0.940. The normalized spacial score (nSPS) is 12.7. The molecule has 3 rings (SSSR count). The van der Waals surface area contributed by atoms with Crippen molar-refractivity contribution in [2.45, 2.75) is 33.2 Å². The van der Waals surface area contributed by atoms with Gasteiger partial charge in [-0.15, -0.1) is 24.8 Å². The van der Waals surface area contributed by atoms with Crippen LogP contribution in [0.5, 0.6) is 5.75 Å². The van der Waals surface area contributed by atoms with E-state index in [1.165, 1.54) is 11.3 Å². The predicted octanol–water partition coefficient (Wildman–Crippen LogP) is 4.09. The Morgan fingerprint density at radius 1 is 1.25 bits per heavy atom. The first-order valence-electron chi connectivity index (χ1n) is 7.73. The molecule has 1 aromatic carbocycles. The van der Waals surface area contributed by atoms with Crippen molar-refractivity contribution in [3.8, 4) is 5.75 Å². The molecule has 2 heterocycles. The van der Waals surface area contributed by atoms with Gasteiger partial charge in [0.15, 0.2) is 0 Å². The van der Waals surface area contributed by atoms with Crippen LogP contribution in [0.15, 0.2) is 24.4 Å². The third-order valence-electron chi connectivity index (χ3n) is 4.47. The number of nitrogen functional groups attached to an aromatic ring is 1. The average Bonchev–Trinajstić information content (AvgIpc) is 2.51.